The molecule has 7 heteroatoms. The van der Waals surface area contributed by atoms with E-state index < -0.39 is 0 Å². The first-order valence-electron chi connectivity index (χ1n) is 10.4. The van der Waals surface area contributed by atoms with Crippen molar-refractivity contribution in [3.63, 3.8) is 0 Å². The third-order valence-electron chi connectivity index (χ3n) is 5.77. The smallest absolute Gasteiger partial charge is 0.277 e. The van der Waals surface area contributed by atoms with E-state index in [9.17, 15) is 9.18 Å². The number of hydrogen-bond donors (Lipinski definition) is 0. The van der Waals surface area contributed by atoms with Crippen molar-refractivity contribution in [1.82, 2.24) is 9.80 Å². The Morgan fingerprint density at radius 1 is 1.19 bits per heavy atom. The molecule has 1 aliphatic carbocycles. The maximum atomic E-state index is 13.3. The van der Waals surface area contributed by atoms with Gasteiger partial charge in [-0.25, -0.2) is 4.39 Å². The van der Waals surface area contributed by atoms with E-state index in [0.717, 1.165) is 36.8 Å². The summed E-state index contributed by atoms with van der Waals surface area (Å²) in [5.74, 6) is 0.139. The molecule has 0 bridgehead atoms. The number of carbonyl (C=O) groups is 1. The molecule has 0 spiro atoms. The summed E-state index contributed by atoms with van der Waals surface area (Å²) in [5, 5.41) is 0.981. The molecule has 1 amide bonds. The summed E-state index contributed by atoms with van der Waals surface area (Å²) in [5.41, 5.74) is 2.04. The van der Waals surface area contributed by atoms with Crippen LogP contribution in [0.1, 0.15) is 43.2 Å². The molecule has 162 valence electrons. The van der Waals surface area contributed by atoms with Crippen LogP contribution < -0.4 is 4.74 Å². The Kier molecular flexibility index (Phi) is 6.58. The van der Waals surface area contributed by atoms with Gasteiger partial charge in [0.1, 0.15) is 23.9 Å². The number of hydrogen-bond acceptors (Lipinski definition) is 3. The van der Waals surface area contributed by atoms with E-state index in [-0.39, 0.29) is 24.4 Å². The monoisotopic (exact) mass is 458 g/mol. The molecule has 4 nitrogen and oxygen atoms in total. The Labute approximate surface area is 192 Å². The van der Waals surface area contributed by atoms with Gasteiger partial charge < -0.3 is 9.64 Å². The number of thiocarbonyl (C=S) groups is 1. The molecule has 31 heavy (non-hydrogen) atoms. The first-order valence-corrected chi connectivity index (χ1v) is 11.2. The Hall–Kier alpha value is -2.44. The molecule has 2 aliphatic rings. The van der Waals surface area contributed by atoms with E-state index in [2.05, 4.69) is 0 Å². The summed E-state index contributed by atoms with van der Waals surface area (Å²) in [6.07, 6.45) is 7.28. The molecule has 0 N–H and O–H groups in total. The molecule has 0 unspecified atom stereocenters. The summed E-state index contributed by atoms with van der Waals surface area (Å²) in [7, 11) is 1.83. The van der Waals surface area contributed by atoms with E-state index in [1.54, 1.807) is 40.1 Å². The zero-order valence-corrected chi connectivity index (χ0v) is 18.9. The molecule has 2 fully saturated rings. The van der Waals surface area contributed by atoms with Crippen LogP contribution in [0.25, 0.3) is 6.08 Å². The van der Waals surface area contributed by atoms with Gasteiger partial charge in [-0.3, -0.25) is 9.69 Å². The summed E-state index contributed by atoms with van der Waals surface area (Å²) in [6, 6.07) is 11.8. The molecule has 0 radical (unpaired) electrons. The summed E-state index contributed by atoms with van der Waals surface area (Å²) >= 11 is 12.0. The van der Waals surface area contributed by atoms with Gasteiger partial charge in [0, 0.05) is 13.1 Å². The third-order valence-corrected chi connectivity index (χ3v) is 6.54. The van der Waals surface area contributed by atoms with Crippen molar-refractivity contribution in [2.24, 2.45) is 0 Å². The molecule has 4 rings (SSSR count). The second-order valence-corrected chi connectivity index (χ2v) is 8.72. The second kappa shape index (κ2) is 9.37. The first-order chi connectivity index (χ1) is 14.9. The van der Waals surface area contributed by atoms with Crippen LogP contribution in [-0.2, 0) is 11.4 Å². The van der Waals surface area contributed by atoms with Gasteiger partial charge in [-0.1, -0.05) is 49.1 Å². The maximum Gasteiger partial charge on any atom is 0.277 e. The first kappa shape index (κ1) is 21.8. The average Bonchev–Trinajstić information content (AvgIpc) is 2.97. The topological polar surface area (TPSA) is 32.8 Å². The number of rotatable bonds is 5. The SMILES string of the molecule is CN1C(=S)N(C2CCCCC2)C(=O)/C1=C/c1ccc(OCc2cccc(F)c2)c(Cl)c1. The minimum atomic E-state index is -0.306. The highest BCUT2D eigenvalue weighted by molar-refractivity contribution is 7.80. The van der Waals surface area contributed by atoms with Crippen LogP contribution in [-0.4, -0.2) is 33.9 Å². The Morgan fingerprint density at radius 3 is 2.68 bits per heavy atom. The highest BCUT2D eigenvalue weighted by Gasteiger charge is 2.40. The molecule has 2 aromatic rings. The zero-order valence-electron chi connectivity index (χ0n) is 17.3. The molecule has 1 saturated heterocycles. The highest BCUT2D eigenvalue weighted by atomic mass is 35.5. The van der Waals surface area contributed by atoms with Crippen molar-refractivity contribution in [3.8, 4) is 5.75 Å². The van der Waals surface area contributed by atoms with E-state index in [0.29, 0.717) is 21.6 Å². The number of benzene rings is 2. The lowest BCUT2D eigenvalue weighted by molar-refractivity contribution is -0.124. The van der Waals surface area contributed by atoms with Gasteiger partial charge in [-0.05, 0) is 66.5 Å². The minimum Gasteiger partial charge on any atom is -0.487 e. The van der Waals surface area contributed by atoms with E-state index in [4.69, 9.17) is 28.6 Å². The van der Waals surface area contributed by atoms with Gasteiger partial charge in [0.2, 0.25) is 0 Å². The Balaban J connectivity index is 1.49. The number of ether oxygens (including phenoxy) is 1. The van der Waals surface area contributed by atoms with E-state index in [1.807, 2.05) is 13.1 Å². The average molecular weight is 459 g/mol. The number of carbonyl (C=O) groups excluding carboxylic acids is 1. The lowest BCUT2D eigenvalue weighted by Gasteiger charge is -2.30. The van der Waals surface area contributed by atoms with Crippen molar-refractivity contribution in [2.45, 2.75) is 44.8 Å². The lowest BCUT2D eigenvalue weighted by atomic mass is 9.94. The highest BCUT2D eigenvalue weighted by Crippen LogP contribution is 2.32. The molecule has 0 atom stereocenters. The molecule has 1 aliphatic heterocycles. The van der Waals surface area contributed by atoms with Crippen LogP contribution in [0.5, 0.6) is 5.75 Å². The fourth-order valence-electron chi connectivity index (χ4n) is 4.11. The third kappa shape index (κ3) is 4.75. The normalized spacial score (nSPS) is 18.9. The number of nitrogens with zero attached hydrogens (tertiary/aromatic N) is 2. The van der Waals surface area contributed by atoms with E-state index >= 15 is 0 Å². The predicted octanol–water partition coefficient (Wildman–Crippen LogP) is 5.79. The van der Waals surface area contributed by atoms with Gasteiger partial charge >= 0.3 is 0 Å². The van der Waals surface area contributed by atoms with Gasteiger partial charge in [-0.2, -0.15) is 0 Å². The standard InChI is InChI=1S/C24H24ClFN2O2S/c1-27-21(23(29)28(24(27)31)19-8-3-2-4-9-19)14-16-10-11-22(20(25)13-16)30-15-17-6-5-7-18(26)12-17/h5-7,10-14,19H,2-4,8-9,15H2,1H3/b21-14-. The van der Waals surface area contributed by atoms with Crippen molar-refractivity contribution in [1.29, 1.82) is 0 Å². The Bertz CT molecular complexity index is 1040. The van der Waals surface area contributed by atoms with Crippen LogP contribution in [0.4, 0.5) is 4.39 Å². The minimum absolute atomic E-state index is 0.0537. The van der Waals surface area contributed by atoms with Gasteiger partial charge in [0.05, 0.1) is 5.02 Å². The molecule has 1 saturated carbocycles. The van der Waals surface area contributed by atoms with Crippen LogP contribution in [0.3, 0.4) is 0 Å². The van der Waals surface area contributed by atoms with Crippen molar-refractivity contribution < 1.29 is 13.9 Å². The van der Waals surface area contributed by atoms with Crippen molar-refractivity contribution in [2.75, 3.05) is 7.05 Å². The molecule has 2 aromatic carbocycles. The molecule has 1 heterocycles. The fraction of sp³-hybridized carbons (Fsp3) is 0.333. The lowest BCUT2D eigenvalue weighted by Crippen LogP contribution is -2.41. The Morgan fingerprint density at radius 2 is 1.97 bits per heavy atom. The summed E-state index contributed by atoms with van der Waals surface area (Å²) in [4.78, 5) is 16.7. The van der Waals surface area contributed by atoms with Gasteiger partial charge in [0.25, 0.3) is 5.91 Å². The van der Waals surface area contributed by atoms with Crippen LogP contribution in [0.15, 0.2) is 48.2 Å². The largest absolute Gasteiger partial charge is 0.487 e. The quantitative estimate of drug-likeness (QED) is 0.419. The summed E-state index contributed by atoms with van der Waals surface area (Å²) in [6.45, 7) is 0.212. The second-order valence-electron chi connectivity index (χ2n) is 7.95. The molecular weight excluding hydrogens is 435 g/mol. The fourth-order valence-corrected chi connectivity index (χ4v) is 4.68. The van der Waals surface area contributed by atoms with Crippen LogP contribution in [0, 0.1) is 5.82 Å². The molecular formula is C24H24ClFN2O2S. The van der Waals surface area contributed by atoms with Gasteiger partial charge in [-0.15, -0.1) is 0 Å². The summed E-state index contributed by atoms with van der Waals surface area (Å²) < 4.78 is 19.1. The molecule has 0 aromatic heterocycles. The number of amides is 1. The van der Waals surface area contributed by atoms with Crippen molar-refractivity contribution in [3.05, 3.63) is 70.1 Å². The van der Waals surface area contributed by atoms with E-state index in [1.165, 1.54) is 18.6 Å². The van der Waals surface area contributed by atoms with Crippen LogP contribution >= 0.6 is 23.8 Å². The number of halogens is 2. The number of likely N-dealkylation sites (N-methyl/N-ethyl adjacent to an activating group) is 1. The maximum absolute atomic E-state index is 13.3. The zero-order chi connectivity index (χ0) is 22.0. The predicted molar refractivity (Wildman–Crippen MR) is 124 cm³/mol. The van der Waals surface area contributed by atoms with Gasteiger partial charge in [0.15, 0.2) is 5.11 Å². The van der Waals surface area contributed by atoms with Crippen LogP contribution in [0.2, 0.25) is 5.02 Å². The van der Waals surface area contributed by atoms with Crippen molar-refractivity contribution >= 4 is 40.9 Å².